The number of nitrogens with zero attached hydrogens (tertiary/aromatic N) is 1. The van der Waals surface area contributed by atoms with Gasteiger partial charge in [0.2, 0.25) is 0 Å². The average molecular weight is 354 g/mol. The lowest BCUT2D eigenvalue weighted by molar-refractivity contribution is 0.342. The first kappa shape index (κ1) is 16.6. The van der Waals surface area contributed by atoms with E-state index in [1.165, 1.54) is 37.7 Å². The zero-order chi connectivity index (χ0) is 17.1. The SMILES string of the molecule is Clc1cc2[nH]cnc2cc1-c1ccc(CNCC2CCCCC2)cc1. The molecule has 130 valence electrons. The minimum atomic E-state index is 0.750. The van der Waals surface area contributed by atoms with Gasteiger partial charge in [-0.3, -0.25) is 0 Å². The van der Waals surface area contributed by atoms with Crippen molar-refractivity contribution in [1.29, 1.82) is 0 Å². The standard InChI is InChI=1S/C21H24ClN3/c22-19-11-21-20(24-14-25-21)10-18(19)17-8-6-16(7-9-17)13-23-12-15-4-2-1-3-5-15/h6-11,14-15,23H,1-5,12-13H2,(H,24,25). The Hall–Kier alpha value is -1.84. The molecule has 2 aromatic carbocycles. The van der Waals surface area contributed by atoms with Gasteiger partial charge in [-0.15, -0.1) is 0 Å². The Kier molecular flexibility index (Phi) is 5.04. The summed E-state index contributed by atoms with van der Waals surface area (Å²) in [6, 6.07) is 12.7. The van der Waals surface area contributed by atoms with Crippen LogP contribution in [0.2, 0.25) is 5.02 Å². The van der Waals surface area contributed by atoms with Crippen LogP contribution in [0.4, 0.5) is 0 Å². The normalized spacial score (nSPS) is 15.7. The van der Waals surface area contributed by atoms with Crippen LogP contribution in [0.25, 0.3) is 22.2 Å². The summed E-state index contributed by atoms with van der Waals surface area (Å²) in [6.45, 7) is 2.08. The quantitative estimate of drug-likeness (QED) is 0.631. The highest BCUT2D eigenvalue weighted by Gasteiger charge is 2.12. The van der Waals surface area contributed by atoms with Crippen molar-refractivity contribution in [3.63, 3.8) is 0 Å². The second-order valence-electron chi connectivity index (χ2n) is 7.08. The third-order valence-electron chi connectivity index (χ3n) is 5.26. The van der Waals surface area contributed by atoms with E-state index < -0.39 is 0 Å². The molecule has 4 heteroatoms. The lowest BCUT2D eigenvalue weighted by Gasteiger charge is -2.21. The molecule has 0 atom stereocenters. The van der Waals surface area contributed by atoms with Crippen LogP contribution in [0.3, 0.4) is 0 Å². The monoisotopic (exact) mass is 353 g/mol. The van der Waals surface area contributed by atoms with Crippen molar-refractivity contribution in [2.75, 3.05) is 6.54 Å². The van der Waals surface area contributed by atoms with Crippen LogP contribution in [-0.4, -0.2) is 16.5 Å². The van der Waals surface area contributed by atoms with Crippen LogP contribution < -0.4 is 5.32 Å². The van der Waals surface area contributed by atoms with Crippen molar-refractivity contribution in [1.82, 2.24) is 15.3 Å². The van der Waals surface area contributed by atoms with E-state index in [2.05, 4.69) is 39.6 Å². The van der Waals surface area contributed by atoms with Crippen LogP contribution in [-0.2, 0) is 6.54 Å². The molecular formula is C21H24ClN3. The molecule has 4 rings (SSSR count). The van der Waals surface area contributed by atoms with E-state index in [-0.39, 0.29) is 0 Å². The maximum Gasteiger partial charge on any atom is 0.0931 e. The number of imidazole rings is 1. The molecule has 1 saturated carbocycles. The molecule has 0 aliphatic heterocycles. The van der Waals surface area contributed by atoms with Gasteiger partial charge in [0, 0.05) is 12.1 Å². The zero-order valence-electron chi connectivity index (χ0n) is 14.4. The highest BCUT2D eigenvalue weighted by atomic mass is 35.5. The lowest BCUT2D eigenvalue weighted by atomic mass is 9.89. The van der Waals surface area contributed by atoms with E-state index in [1.54, 1.807) is 6.33 Å². The number of hydrogen-bond acceptors (Lipinski definition) is 2. The summed E-state index contributed by atoms with van der Waals surface area (Å²) in [5, 5.41) is 4.37. The summed E-state index contributed by atoms with van der Waals surface area (Å²) in [4.78, 5) is 7.42. The molecule has 25 heavy (non-hydrogen) atoms. The largest absolute Gasteiger partial charge is 0.345 e. The fourth-order valence-electron chi connectivity index (χ4n) is 3.79. The Morgan fingerprint density at radius 1 is 1.08 bits per heavy atom. The van der Waals surface area contributed by atoms with E-state index >= 15 is 0 Å². The molecule has 0 spiro atoms. The molecule has 1 aliphatic carbocycles. The maximum atomic E-state index is 6.44. The smallest absolute Gasteiger partial charge is 0.0931 e. The van der Waals surface area contributed by atoms with Crippen molar-refractivity contribution < 1.29 is 0 Å². The number of aromatic nitrogens is 2. The van der Waals surface area contributed by atoms with Crippen molar-refractivity contribution >= 4 is 22.6 Å². The predicted molar refractivity (Wildman–Crippen MR) is 105 cm³/mol. The first-order valence-corrected chi connectivity index (χ1v) is 9.60. The second-order valence-corrected chi connectivity index (χ2v) is 7.49. The van der Waals surface area contributed by atoms with Gasteiger partial charge in [-0.2, -0.15) is 0 Å². The Balaban J connectivity index is 1.41. The van der Waals surface area contributed by atoms with Crippen molar-refractivity contribution in [2.24, 2.45) is 5.92 Å². The molecule has 0 saturated heterocycles. The molecule has 0 bridgehead atoms. The van der Waals surface area contributed by atoms with Crippen molar-refractivity contribution in [3.05, 3.63) is 53.3 Å². The third kappa shape index (κ3) is 3.88. The molecule has 0 amide bonds. The Morgan fingerprint density at radius 3 is 2.68 bits per heavy atom. The Bertz CT molecular complexity index is 832. The highest BCUT2D eigenvalue weighted by molar-refractivity contribution is 6.34. The number of fused-ring (bicyclic) bond motifs is 1. The number of halogens is 1. The highest BCUT2D eigenvalue weighted by Crippen LogP contribution is 2.31. The summed E-state index contributed by atoms with van der Waals surface area (Å²) < 4.78 is 0. The minimum absolute atomic E-state index is 0.750. The van der Waals surface area contributed by atoms with Gasteiger partial charge in [-0.1, -0.05) is 55.1 Å². The molecule has 1 aliphatic rings. The topological polar surface area (TPSA) is 40.7 Å². The predicted octanol–water partition coefficient (Wildman–Crippen LogP) is 5.55. The number of aromatic amines is 1. The summed E-state index contributed by atoms with van der Waals surface area (Å²) in [5.41, 5.74) is 5.39. The summed E-state index contributed by atoms with van der Waals surface area (Å²) in [7, 11) is 0. The van der Waals surface area contributed by atoms with E-state index in [9.17, 15) is 0 Å². The lowest BCUT2D eigenvalue weighted by Crippen LogP contribution is -2.24. The fourth-order valence-corrected chi connectivity index (χ4v) is 4.06. The van der Waals surface area contributed by atoms with Gasteiger partial charge in [0.05, 0.1) is 22.4 Å². The first-order chi connectivity index (χ1) is 12.3. The molecule has 3 aromatic rings. The second kappa shape index (κ2) is 7.59. The average Bonchev–Trinajstić information content (AvgIpc) is 3.10. The number of nitrogens with one attached hydrogen (secondary N) is 2. The molecule has 1 heterocycles. The van der Waals surface area contributed by atoms with Crippen molar-refractivity contribution in [3.8, 4) is 11.1 Å². The zero-order valence-corrected chi connectivity index (χ0v) is 15.1. The number of rotatable bonds is 5. The van der Waals surface area contributed by atoms with Gasteiger partial charge in [-0.25, -0.2) is 4.98 Å². The summed E-state index contributed by atoms with van der Waals surface area (Å²) in [5.74, 6) is 0.868. The molecule has 1 fully saturated rings. The molecule has 0 radical (unpaired) electrons. The Morgan fingerprint density at radius 2 is 1.88 bits per heavy atom. The van der Waals surface area contributed by atoms with Gasteiger partial charge in [0.15, 0.2) is 0 Å². The van der Waals surface area contributed by atoms with Gasteiger partial charge in [0.1, 0.15) is 0 Å². The van der Waals surface area contributed by atoms with E-state index in [4.69, 9.17) is 11.6 Å². The number of benzene rings is 2. The number of hydrogen-bond donors (Lipinski definition) is 2. The van der Waals surface area contributed by atoms with Crippen molar-refractivity contribution in [2.45, 2.75) is 38.6 Å². The van der Waals surface area contributed by atoms with Gasteiger partial charge in [-0.05, 0) is 48.6 Å². The maximum absolute atomic E-state index is 6.44. The molecule has 2 N–H and O–H groups in total. The van der Waals surface area contributed by atoms with Crippen LogP contribution >= 0.6 is 11.6 Å². The summed E-state index contributed by atoms with van der Waals surface area (Å²) >= 11 is 6.44. The molecule has 0 unspecified atom stereocenters. The third-order valence-corrected chi connectivity index (χ3v) is 5.57. The van der Waals surface area contributed by atoms with Crippen LogP contribution in [0.1, 0.15) is 37.7 Å². The number of H-pyrrole nitrogens is 1. The first-order valence-electron chi connectivity index (χ1n) is 9.22. The van der Waals surface area contributed by atoms with E-state index in [0.29, 0.717) is 0 Å². The van der Waals surface area contributed by atoms with E-state index in [0.717, 1.165) is 46.2 Å². The molecular weight excluding hydrogens is 330 g/mol. The van der Waals surface area contributed by atoms with Crippen LogP contribution in [0.5, 0.6) is 0 Å². The van der Waals surface area contributed by atoms with E-state index in [1.807, 2.05) is 12.1 Å². The molecule has 3 nitrogen and oxygen atoms in total. The van der Waals surface area contributed by atoms with Gasteiger partial charge in [0.25, 0.3) is 0 Å². The minimum Gasteiger partial charge on any atom is -0.345 e. The summed E-state index contributed by atoms with van der Waals surface area (Å²) in [6.07, 6.45) is 8.71. The van der Waals surface area contributed by atoms with Crippen LogP contribution in [0, 0.1) is 5.92 Å². The van der Waals surface area contributed by atoms with Gasteiger partial charge >= 0.3 is 0 Å². The van der Waals surface area contributed by atoms with Gasteiger partial charge < -0.3 is 10.3 Å². The molecule has 1 aromatic heterocycles. The van der Waals surface area contributed by atoms with Crippen LogP contribution in [0.15, 0.2) is 42.7 Å². The Labute approximate surface area is 153 Å². The fraction of sp³-hybridized carbons (Fsp3) is 0.381.